The van der Waals surface area contributed by atoms with Crippen molar-refractivity contribution < 1.29 is 13.2 Å². The predicted octanol–water partition coefficient (Wildman–Crippen LogP) is 4.54. The Kier molecular flexibility index (Phi) is 6.00. The van der Waals surface area contributed by atoms with Crippen LogP contribution in [0.15, 0.2) is 24.3 Å². The molecule has 7 heteroatoms. The van der Waals surface area contributed by atoms with E-state index in [0.29, 0.717) is 17.1 Å². The Hall–Kier alpha value is -2.15. The van der Waals surface area contributed by atoms with Gasteiger partial charge in [-0.3, -0.25) is 4.79 Å². The second kappa shape index (κ2) is 8.53. The Morgan fingerprint density at radius 3 is 2.60 bits per heavy atom. The quantitative estimate of drug-likeness (QED) is 0.731. The van der Waals surface area contributed by atoms with E-state index < -0.39 is 9.84 Å². The molecule has 0 saturated heterocycles. The minimum Gasteiger partial charge on any atom is -0.310 e. The number of amides is 1. The van der Waals surface area contributed by atoms with Gasteiger partial charge >= 0.3 is 0 Å². The highest BCUT2D eigenvalue weighted by molar-refractivity contribution is 7.90. The molecule has 2 heterocycles. The summed E-state index contributed by atoms with van der Waals surface area (Å²) in [5.41, 5.74) is 3.08. The van der Waals surface area contributed by atoms with Gasteiger partial charge in [-0.15, -0.1) is 0 Å². The maximum Gasteiger partial charge on any atom is 0.228 e. The van der Waals surface area contributed by atoms with E-state index in [4.69, 9.17) is 0 Å². The van der Waals surface area contributed by atoms with Crippen LogP contribution in [-0.4, -0.2) is 24.1 Å². The second-order valence-electron chi connectivity index (χ2n) is 8.85. The fraction of sp³-hybridized carbons (Fsp3) is 0.565. The van der Waals surface area contributed by atoms with Crippen molar-refractivity contribution in [2.75, 3.05) is 5.32 Å². The number of unbranched alkanes of at least 4 members (excludes halogenated alkanes) is 1. The Balaban J connectivity index is 1.57. The van der Waals surface area contributed by atoms with Gasteiger partial charge < -0.3 is 5.32 Å². The molecule has 1 fully saturated rings. The molecule has 2 aliphatic rings. The zero-order valence-electron chi connectivity index (χ0n) is 17.9. The molecule has 1 aliphatic heterocycles. The summed E-state index contributed by atoms with van der Waals surface area (Å²) in [5.74, 6) is 1.11. The molecule has 0 radical (unpaired) electrons. The van der Waals surface area contributed by atoms with Crippen LogP contribution < -0.4 is 5.32 Å². The molecule has 1 aromatic carbocycles. The Labute approximate surface area is 179 Å². The number of hydrogen-bond donors (Lipinski definition) is 1. The number of aromatic nitrogens is 2. The number of nitrogens with one attached hydrogen (secondary N) is 1. The molecule has 0 unspecified atom stereocenters. The second-order valence-corrected chi connectivity index (χ2v) is 10.9. The normalized spacial score (nSPS) is 22.6. The monoisotopic (exact) mass is 429 g/mol. The number of fused-ring (bicyclic) bond motifs is 1. The first-order valence-electron chi connectivity index (χ1n) is 11.1. The van der Waals surface area contributed by atoms with Crippen LogP contribution in [0.5, 0.6) is 0 Å². The highest BCUT2D eigenvalue weighted by Gasteiger charge is 2.34. The van der Waals surface area contributed by atoms with E-state index in [0.717, 1.165) is 42.9 Å². The van der Waals surface area contributed by atoms with Crippen LogP contribution in [0.25, 0.3) is 5.69 Å². The van der Waals surface area contributed by atoms with Gasteiger partial charge in [0.05, 0.1) is 22.9 Å². The van der Waals surface area contributed by atoms with E-state index >= 15 is 0 Å². The number of nitrogens with zero attached hydrogens (tertiary/aromatic N) is 2. The third kappa shape index (κ3) is 4.31. The van der Waals surface area contributed by atoms with Crippen LogP contribution in [0, 0.1) is 18.8 Å². The van der Waals surface area contributed by atoms with Gasteiger partial charge in [0, 0.05) is 11.5 Å². The van der Waals surface area contributed by atoms with Gasteiger partial charge in [-0.2, -0.15) is 5.10 Å². The fourth-order valence-corrected chi connectivity index (χ4v) is 6.26. The van der Waals surface area contributed by atoms with E-state index in [1.165, 1.54) is 19.3 Å². The lowest BCUT2D eigenvalue weighted by Crippen LogP contribution is -2.28. The van der Waals surface area contributed by atoms with Crippen molar-refractivity contribution in [2.24, 2.45) is 11.8 Å². The van der Waals surface area contributed by atoms with Crippen molar-refractivity contribution in [1.29, 1.82) is 0 Å². The van der Waals surface area contributed by atoms with Crippen LogP contribution in [-0.2, 0) is 26.1 Å². The van der Waals surface area contributed by atoms with Gasteiger partial charge in [0.2, 0.25) is 5.91 Å². The minimum atomic E-state index is -3.20. The first-order valence-corrected chi connectivity index (χ1v) is 12.9. The highest BCUT2D eigenvalue weighted by atomic mass is 32.2. The molecule has 0 bridgehead atoms. The lowest BCUT2D eigenvalue weighted by Gasteiger charge is -2.28. The van der Waals surface area contributed by atoms with E-state index in [2.05, 4.69) is 17.3 Å². The Morgan fingerprint density at radius 1 is 1.17 bits per heavy atom. The van der Waals surface area contributed by atoms with Gasteiger partial charge in [0.1, 0.15) is 5.82 Å². The van der Waals surface area contributed by atoms with Crippen molar-refractivity contribution in [1.82, 2.24) is 9.78 Å². The molecule has 6 nitrogen and oxygen atoms in total. The summed E-state index contributed by atoms with van der Waals surface area (Å²) in [7, 11) is -3.20. The molecule has 30 heavy (non-hydrogen) atoms. The minimum absolute atomic E-state index is 0.00854. The average molecular weight is 430 g/mol. The molecule has 162 valence electrons. The number of carbonyl (C=O) groups is 1. The maximum atomic E-state index is 13.1. The molecular formula is C23H31N3O3S. The van der Waals surface area contributed by atoms with Gasteiger partial charge in [0.25, 0.3) is 0 Å². The van der Waals surface area contributed by atoms with Gasteiger partial charge in [0.15, 0.2) is 9.84 Å². The van der Waals surface area contributed by atoms with Crippen molar-refractivity contribution >= 4 is 21.6 Å². The molecular weight excluding hydrogens is 398 g/mol. The summed E-state index contributed by atoms with van der Waals surface area (Å²) < 4.78 is 26.0. The Morgan fingerprint density at radius 2 is 1.90 bits per heavy atom. The molecule has 1 amide bonds. The number of hydrogen-bond acceptors (Lipinski definition) is 4. The largest absolute Gasteiger partial charge is 0.310 e. The lowest BCUT2D eigenvalue weighted by atomic mass is 9.79. The van der Waals surface area contributed by atoms with Crippen molar-refractivity contribution in [2.45, 2.75) is 70.3 Å². The van der Waals surface area contributed by atoms with Crippen LogP contribution in [0.3, 0.4) is 0 Å². The van der Waals surface area contributed by atoms with Crippen molar-refractivity contribution in [3.63, 3.8) is 0 Å². The summed E-state index contributed by atoms with van der Waals surface area (Å²) in [4.78, 5) is 13.1. The van der Waals surface area contributed by atoms with Crippen LogP contribution >= 0.6 is 0 Å². The van der Waals surface area contributed by atoms with Crippen molar-refractivity contribution in [3.05, 3.63) is 41.1 Å². The number of sulfone groups is 1. The summed E-state index contributed by atoms with van der Waals surface area (Å²) in [6, 6.07) is 7.81. The van der Waals surface area contributed by atoms with Gasteiger partial charge in [-0.25, -0.2) is 13.1 Å². The average Bonchev–Trinajstić information content (AvgIpc) is 3.19. The number of benzene rings is 1. The molecule has 1 saturated carbocycles. The number of para-hydroxylation sites is 1. The van der Waals surface area contributed by atoms with Crippen LogP contribution in [0.2, 0.25) is 0 Å². The summed E-state index contributed by atoms with van der Waals surface area (Å²) in [6.07, 6.45) is 7.74. The molecule has 1 aromatic heterocycles. The van der Waals surface area contributed by atoms with E-state index in [-0.39, 0.29) is 23.3 Å². The Bertz CT molecular complexity index is 1030. The smallest absolute Gasteiger partial charge is 0.228 e. The molecule has 1 N–H and O–H groups in total. The molecule has 4 rings (SSSR count). The third-order valence-electron chi connectivity index (χ3n) is 6.56. The number of rotatable bonds is 6. The highest BCUT2D eigenvalue weighted by Crippen LogP contribution is 2.36. The summed E-state index contributed by atoms with van der Waals surface area (Å²) in [5, 5.41) is 7.66. The lowest BCUT2D eigenvalue weighted by molar-refractivity contribution is -0.121. The molecule has 0 atom stereocenters. The standard InChI is InChI=1S/C23H31N3O3S/c1-3-4-8-17-10-12-18(13-11-17)23(27)24-22-19-14-30(28,29)15-20(19)25-26(22)21-9-6-5-7-16(21)2/h5-7,9,17-18H,3-4,8,10-15H2,1-2H3,(H,24,27). The number of aryl methyl sites for hydroxylation is 1. The SMILES string of the molecule is CCCCC1CCC(C(=O)Nc2c3c(nn2-c2ccccc2C)CS(=O)(=O)C3)CC1. The van der Waals surface area contributed by atoms with Crippen LogP contribution in [0.4, 0.5) is 5.82 Å². The van der Waals surface area contributed by atoms with E-state index in [1.54, 1.807) is 4.68 Å². The summed E-state index contributed by atoms with van der Waals surface area (Å²) >= 11 is 0. The maximum absolute atomic E-state index is 13.1. The van der Waals surface area contributed by atoms with Gasteiger partial charge in [-0.1, -0.05) is 44.4 Å². The predicted molar refractivity (Wildman–Crippen MR) is 118 cm³/mol. The first-order chi connectivity index (χ1) is 14.4. The van der Waals surface area contributed by atoms with Crippen molar-refractivity contribution in [3.8, 4) is 5.69 Å². The van der Waals surface area contributed by atoms with E-state index in [9.17, 15) is 13.2 Å². The number of carbonyl (C=O) groups excluding carboxylic acids is 1. The molecule has 2 aromatic rings. The molecule has 0 spiro atoms. The van der Waals surface area contributed by atoms with E-state index in [1.807, 2.05) is 31.2 Å². The van der Waals surface area contributed by atoms with Gasteiger partial charge in [-0.05, 0) is 50.2 Å². The third-order valence-corrected chi connectivity index (χ3v) is 8.00. The fourth-order valence-electron chi connectivity index (χ4n) is 4.77. The first kappa shape index (κ1) is 21.1. The zero-order chi connectivity index (χ0) is 21.3. The number of anilines is 1. The van der Waals surface area contributed by atoms with Crippen LogP contribution in [0.1, 0.15) is 68.7 Å². The summed E-state index contributed by atoms with van der Waals surface area (Å²) in [6.45, 7) is 4.21. The molecule has 1 aliphatic carbocycles. The zero-order valence-corrected chi connectivity index (χ0v) is 18.7. The topological polar surface area (TPSA) is 81.1 Å².